The molecule has 1 aliphatic rings. The molecule has 1 N–H and O–H groups in total. The van der Waals surface area contributed by atoms with Crippen molar-refractivity contribution in [1.29, 1.82) is 0 Å². The number of H-pyrrole nitrogens is 1. The zero-order chi connectivity index (χ0) is 18.2. The van der Waals surface area contributed by atoms with Crippen molar-refractivity contribution >= 4 is 22.1 Å². The van der Waals surface area contributed by atoms with Crippen LogP contribution in [0.2, 0.25) is 0 Å². The summed E-state index contributed by atoms with van der Waals surface area (Å²) in [6.45, 7) is 5.18. The molecule has 5 nitrogen and oxygen atoms in total. The van der Waals surface area contributed by atoms with Gasteiger partial charge in [0.05, 0.1) is 22.1 Å². The van der Waals surface area contributed by atoms with E-state index in [9.17, 15) is 0 Å². The Morgan fingerprint density at radius 1 is 1.07 bits per heavy atom. The highest BCUT2D eigenvalue weighted by Crippen LogP contribution is 2.29. The molecule has 0 radical (unpaired) electrons. The van der Waals surface area contributed by atoms with Gasteiger partial charge in [-0.25, -0.2) is 4.98 Å². The van der Waals surface area contributed by atoms with Crippen molar-refractivity contribution in [3.8, 4) is 0 Å². The summed E-state index contributed by atoms with van der Waals surface area (Å²) in [6, 6.07) is 12.6. The summed E-state index contributed by atoms with van der Waals surface area (Å²) in [5, 5.41) is 0. The molecule has 5 rings (SSSR count). The molecule has 0 spiro atoms. The van der Waals surface area contributed by atoms with Crippen LogP contribution >= 0.6 is 0 Å². The molecule has 1 aliphatic heterocycles. The summed E-state index contributed by atoms with van der Waals surface area (Å²) >= 11 is 0. The van der Waals surface area contributed by atoms with E-state index < -0.39 is 0 Å². The molecule has 0 amide bonds. The molecule has 27 heavy (non-hydrogen) atoms. The number of aromatic amines is 1. The number of likely N-dealkylation sites (tertiary alicyclic amines) is 1. The van der Waals surface area contributed by atoms with E-state index in [-0.39, 0.29) is 0 Å². The lowest BCUT2D eigenvalue weighted by molar-refractivity contribution is 0.197. The number of piperidine rings is 1. The topological polar surface area (TPSA) is 57.7 Å². The SMILES string of the molecule is Cc1cccc2[nH]c([C@@H]3CCCN(Cc4cccc5nccnc45)C3)nc12. The molecule has 0 aliphatic carbocycles. The minimum atomic E-state index is 0.451. The number of fused-ring (bicyclic) bond motifs is 2. The van der Waals surface area contributed by atoms with Gasteiger partial charge in [-0.05, 0) is 49.6 Å². The number of nitrogens with zero attached hydrogens (tertiary/aromatic N) is 4. The predicted octanol–water partition coefficient (Wildman–Crippen LogP) is 4.19. The summed E-state index contributed by atoms with van der Waals surface area (Å²) in [5.74, 6) is 1.58. The first-order valence-corrected chi connectivity index (χ1v) is 9.64. The molecule has 0 saturated carbocycles. The molecule has 1 atom stereocenters. The zero-order valence-electron chi connectivity index (χ0n) is 15.5. The molecule has 2 aromatic carbocycles. The van der Waals surface area contributed by atoms with Gasteiger partial charge >= 0.3 is 0 Å². The Balaban J connectivity index is 1.39. The summed E-state index contributed by atoms with van der Waals surface area (Å²) < 4.78 is 0. The van der Waals surface area contributed by atoms with Gasteiger partial charge in [-0.1, -0.05) is 24.3 Å². The molecule has 1 saturated heterocycles. The fraction of sp³-hybridized carbons (Fsp3) is 0.318. The third-order valence-corrected chi connectivity index (χ3v) is 5.60. The standard InChI is InChI=1S/C22H23N5/c1-15-5-2-9-19-20(15)26-22(25-19)17-7-4-12-27(14-17)13-16-6-3-8-18-21(16)24-11-10-23-18/h2-3,5-6,8-11,17H,4,7,12-14H2,1H3,(H,25,26)/t17-/m1/s1. The van der Waals surface area contributed by atoms with Crippen LogP contribution in [-0.2, 0) is 6.54 Å². The van der Waals surface area contributed by atoms with E-state index in [2.05, 4.69) is 57.1 Å². The van der Waals surface area contributed by atoms with Gasteiger partial charge in [0.25, 0.3) is 0 Å². The lowest BCUT2D eigenvalue weighted by Gasteiger charge is -2.31. The van der Waals surface area contributed by atoms with E-state index >= 15 is 0 Å². The average Bonchev–Trinajstić information content (AvgIpc) is 3.15. The van der Waals surface area contributed by atoms with Crippen LogP contribution in [0.4, 0.5) is 0 Å². The van der Waals surface area contributed by atoms with Crippen LogP contribution in [0.15, 0.2) is 48.8 Å². The second kappa shape index (κ2) is 6.74. The zero-order valence-corrected chi connectivity index (χ0v) is 15.5. The summed E-state index contributed by atoms with van der Waals surface area (Å²) in [4.78, 5) is 20.0. The quantitative estimate of drug-likeness (QED) is 0.597. The smallest absolute Gasteiger partial charge is 0.111 e. The number of nitrogens with one attached hydrogen (secondary N) is 1. The Hall–Kier alpha value is -2.79. The Bertz CT molecular complexity index is 1090. The van der Waals surface area contributed by atoms with Gasteiger partial charge < -0.3 is 4.98 Å². The van der Waals surface area contributed by atoms with Gasteiger partial charge in [0.15, 0.2) is 0 Å². The highest BCUT2D eigenvalue weighted by Gasteiger charge is 2.24. The fourth-order valence-corrected chi connectivity index (χ4v) is 4.23. The molecule has 4 aromatic rings. The van der Waals surface area contributed by atoms with Gasteiger partial charge in [-0.15, -0.1) is 0 Å². The molecule has 0 unspecified atom stereocenters. The third kappa shape index (κ3) is 3.08. The minimum Gasteiger partial charge on any atom is -0.342 e. The normalized spacial score (nSPS) is 18.3. The number of rotatable bonds is 3. The predicted molar refractivity (Wildman–Crippen MR) is 108 cm³/mol. The number of benzene rings is 2. The molecule has 5 heteroatoms. The van der Waals surface area contributed by atoms with Crippen LogP contribution in [0, 0.1) is 6.92 Å². The van der Waals surface area contributed by atoms with Crippen LogP contribution < -0.4 is 0 Å². The van der Waals surface area contributed by atoms with Gasteiger partial charge in [0, 0.05) is 31.4 Å². The van der Waals surface area contributed by atoms with Gasteiger partial charge in [-0.3, -0.25) is 14.9 Å². The van der Waals surface area contributed by atoms with E-state index in [4.69, 9.17) is 4.98 Å². The first-order valence-electron chi connectivity index (χ1n) is 9.64. The molecular weight excluding hydrogens is 334 g/mol. The Kier molecular flexibility index (Phi) is 4.09. The van der Waals surface area contributed by atoms with Crippen LogP contribution in [0.1, 0.15) is 35.7 Å². The Morgan fingerprint density at radius 2 is 1.96 bits per heavy atom. The number of imidazole rings is 1. The second-order valence-corrected chi connectivity index (χ2v) is 7.51. The first kappa shape index (κ1) is 16.4. The first-order chi connectivity index (χ1) is 13.3. The lowest BCUT2D eigenvalue weighted by Crippen LogP contribution is -2.34. The number of para-hydroxylation sites is 2. The highest BCUT2D eigenvalue weighted by atomic mass is 15.1. The lowest BCUT2D eigenvalue weighted by atomic mass is 9.97. The van der Waals surface area contributed by atoms with Crippen LogP contribution in [0.25, 0.3) is 22.1 Å². The second-order valence-electron chi connectivity index (χ2n) is 7.51. The number of hydrogen-bond donors (Lipinski definition) is 1. The van der Waals surface area contributed by atoms with Crippen molar-refractivity contribution in [1.82, 2.24) is 24.8 Å². The Morgan fingerprint density at radius 3 is 2.89 bits per heavy atom. The Labute approximate surface area is 158 Å². The van der Waals surface area contributed by atoms with Crippen molar-refractivity contribution in [2.45, 2.75) is 32.2 Å². The highest BCUT2D eigenvalue weighted by molar-refractivity contribution is 5.79. The van der Waals surface area contributed by atoms with Crippen molar-refractivity contribution in [2.24, 2.45) is 0 Å². The summed E-state index contributed by atoms with van der Waals surface area (Å²) in [6.07, 6.45) is 5.91. The molecule has 136 valence electrons. The maximum absolute atomic E-state index is 4.92. The van der Waals surface area contributed by atoms with Crippen molar-refractivity contribution < 1.29 is 0 Å². The van der Waals surface area contributed by atoms with Crippen LogP contribution in [0.3, 0.4) is 0 Å². The van der Waals surface area contributed by atoms with Gasteiger partial charge in [0.2, 0.25) is 0 Å². The third-order valence-electron chi connectivity index (χ3n) is 5.60. The molecule has 3 heterocycles. The fourth-order valence-electron chi connectivity index (χ4n) is 4.23. The number of aryl methyl sites for hydroxylation is 1. The van der Waals surface area contributed by atoms with Gasteiger partial charge in [-0.2, -0.15) is 0 Å². The summed E-state index contributed by atoms with van der Waals surface area (Å²) in [5.41, 5.74) is 6.72. The maximum atomic E-state index is 4.92. The number of aromatic nitrogens is 4. The molecule has 1 fully saturated rings. The van der Waals surface area contributed by atoms with E-state index in [1.807, 2.05) is 6.07 Å². The van der Waals surface area contributed by atoms with Gasteiger partial charge in [0.1, 0.15) is 5.82 Å². The largest absolute Gasteiger partial charge is 0.342 e. The van der Waals surface area contributed by atoms with Crippen molar-refractivity contribution in [2.75, 3.05) is 13.1 Å². The van der Waals surface area contributed by atoms with E-state index in [0.717, 1.165) is 47.5 Å². The minimum absolute atomic E-state index is 0.451. The summed E-state index contributed by atoms with van der Waals surface area (Å²) in [7, 11) is 0. The van der Waals surface area contributed by atoms with Crippen LogP contribution in [0.5, 0.6) is 0 Å². The number of hydrogen-bond acceptors (Lipinski definition) is 4. The maximum Gasteiger partial charge on any atom is 0.111 e. The molecule has 2 aromatic heterocycles. The molecule has 0 bridgehead atoms. The van der Waals surface area contributed by atoms with Crippen LogP contribution in [-0.4, -0.2) is 37.9 Å². The monoisotopic (exact) mass is 357 g/mol. The van der Waals surface area contributed by atoms with E-state index in [1.165, 1.54) is 24.0 Å². The van der Waals surface area contributed by atoms with E-state index in [0.29, 0.717) is 5.92 Å². The van der Waals surface area contributed by atoms with E-state index in [1.54, 1.807) is 12.4 Å². The average molecular weight is 357 g/mol. The van der Waals surface area contributed by atoms with Crippen molar-refractivity contribution in [3.63, 3.8) is 0 Å². The van der Waals surface area contributed by atoms with Crippen molar-refractivity contribution in [3.05, 3.63) is 65.7 Å². The molecular formula is C22H23N5.